The van der Waals surface area contributed by atoms with Gasteiger partial charge in [0.2, 0.25) is 0 Å². The van der Waals surface area contributed by atoms with Gasteiger partial charge in [-0.1, -0.05) is 6.92 Å². The van der Waals surface area contributed by atoms with Crippen molar-refractivity contribution in [3.63, 3.8) is 0 Å². The highest BCUT2D eigenvalue weighted by atomic mass is 16.5. The second-order valence-corrected chi connectivity index (χ2v) is 3.05. The van der Waals surface area contributed by atoms with Crippen LogP contribution in [-0.2, 0) is 9.47 Å². The van der Waals surface area contributed by atoms with E-state index in [0.717, 1.165) is 39.5 Å². The van der Waals surface area contributed by atoms with Gasteiger partial charge in [0.15, 0.2) is 0 Å². The van der Waals surface area contributed by atoms with Crippen molar-refractivity contribution in [3.8, 4) is 0 Å². The smallest absolute Gasteiger partial charge is 0.0935 e. The number of hydrogen-bond donors (Lipinski definition) is 0. The Morgan fingerprint density at radius 1 is 1.50 bits per heavy atom. The van der Waals surface area contributed by atoms with Gasteiger partial charge in [0, 0.05) is 19.7 Å². The van der Waals surface area contributed by atoms with Crippen LogP contribution in [-0.4, -0.2) is 50.5 Å². The van der Waals surface area contributed by atoms with Gasteiger partial charge in [0.1, 0.15) is 0 Å². The van der Waals surface area contributed by atoms with Gasteiger partial charge in [-0.2, -0.15) is 0 Å². The highest BCUT2D eigenvalue weighted by molar-refractivity contribution is 4.69. The van der Waals surface area contributed by atoms with Crippen molar-refractivity contribution < 1.29 is 9.47 Å². The summed E-state index contributed by atoms with van der Waals surface area (Å²) < 4.78 is 10.9. The zero-order valence-electron chi connectivity index (χ0n) is 8.08. The Morgan fingerprint density at radius 2 is 2.33 bits per heavy atom. The normalized spacial score (nSPS) is 26.0. The van der Waals surface area contributed by atoms with Gasteiger partial charge in [0.25, 0.3) is 0 Å². The highest BCUT2D eigenvalue weighted by Crippen LogP contribution is 2.04. The van der Waals surface area contributed by atoms with E-state index in [1.54, 1.807) is 0 Å². The average molecular weight is 173 g/mol. The lowest BCUT2D eigenvalue weighted by Crippen LogP contribution is -2.44. The molecule has 1 rings (SSSR count). The van der Waals surface area contributed by atoms with Gasteiger partial charge in [-0.3, -0.25) is 4.90 Å². The van der Waals surface area contributed by atoms with Crippen LogP contribution in [0, 0.1) is 0 Å². The third-order valence-electron chi connectivity index (χ3n) is 2.18. The zero-order chi connectivity index (χ0) is 8.81. The Morgan fingerprint density at radius 3 is 3.00 bits per heavy atom. The Balaban J connectivity index is 2.16. The van der Waals surface area contributed by atoms with E-state index in [2.05, 4.69) is 11.8 Å². The second-order valence-electron chi connectivity index (χ2n) is 3.05. The summed E-state index contributed by atoms with van der Waals surface area (Å²) in [4.78, 5) is 2.40. The molecule has 0 radical (unpaired) electrons. The molecule has 0 saturated carbocycles. The highest BCUT2D eigenvalue weighted by Gasteiger charge is 2.18. The van der Waals surface area contributed by atoms with Crippen molar-refractivity contribution in [2.75, 3.05) is 39.5 Å². The first-order valence-electron chi connectivity index (χ1n) is 4.78. The molecule has 1 unspecified atom stereocenters. The molecule has 1 aliphatic heterocycles. The first kappa shape index (κ1) is 9.96. The Labute approximate surface area is 74.6 Å². The lowest BCUT2D eigenvalue weighted by Gasteiger charge is -2.31. The lowest BCUT2D eigenvalue weighted by atomic mass is 10.3. The fraction of sp³-hybridized carbons (Fsp3) is 1.00. The number of morpholine rings is 1. The lowest BCUT2D eigenvalue weighted by molar-refractivity contribution is -0.0661. The molecule has 0 aromatic carbocycles. The van der Waals surface area contributed by atoms with Crippen LogP contribution in [0.5, 0.6) is 0 Å². The van der Waals surface area contributed by atoms with Crippen LogP contribution in [0.1, 0.15) is 13.8 Å². The number of likely N-dealkylation sites (N-methyl/N-ethyl adjacent to an activating group) is 1. The number of hydrogen-bond acceptors (Lipinski definition) is 3. The van der Waals surface area contributed by atoms with Crippen molar-refractivity contribution in [3.05, 3.63) is 0 Å². The van der Waals surface area contributed by atoms with Gasteiger partial charge in [-0.25, -0.2) is 0 Å². The Kier molecular flexibility index (Phi) is 4.58. The molecule has 1 saturated heterocycles. The molecule has 0 aromatic rings. The van der Waals surface area contributed by atoms with Gasteiger partial charge >= 0.3 is 0 Å². The van der Waals surface area contributed by atoms with E-state index in [4.69, 9.17) is 9.47 Å². The standard InChI is InChI=1S/C9H19NO2/c1-3-10-5-6-12-9(7-10)8-11-4-2/h9H,3-8H2,1-2H3. The molecule has 1 aliphatic rings. The van der Waals surface area contributed by atoms with Gasteiger partial charge in [0.05, 0.1) is 19.3 Å². The average Bonchev–Trinajstić information content (AvgIpc) is 2.15. The first-order valence-corrected chi connectivity index (χ1v) is 4.78. The molecular weight excluding hydrogens is 154 g/mol. The molecule has 0 amide bonds. The summed E-state index contributed by atoms with van der Waals surface area (Å²) in [5.74, 6) is 0. The maximum atomic E-state index is 5.55. The number of ether oxygens (including phenoxy) is 2. The van der Waals surface area contributed by atoms with Crippen molar-refractivity contribution in [1.82, 2.24) is 4.90 Å². The van der Waals surface area contributed by atoms with E-state index < -0.39 is 0 Å². The molecule has 1 atom stereocenters. The van der Waals surface area contributed by atoms with E-state index in [9.17, 15) is 0 Å². The predicted octanol–water partition coefficient (Wildman–Crippen LogP) is 0.744. The topological polar surface area (TPSA) is 21.7 Å². The Bertz CT molecular complexity index is 119. The zero-order valence-corrected chi connectivity index (χ0v) is 8.08. The second kappa shape index (κ2) is 5.51. The predicted molar refractivity (Wildman–Crippen MR) is 48.3 cm³/mol. The molecular formula is C9H19NO2. The van der Waals surface area contributed by atoms with Gasteiger partial charge in [-0.05, 0) is 13.5 Å². The van der Waals surface area contributed by atoms with E-state index in [1.165, 1.54) is 0 Å². The first-order chi connectivity index (χ1) is 5.86. The molecule has 0 aromatic heterocycles. The minimum atomic E-state index is 0.290. The maximum Gasteiger partial charge on any atom is 0.0935 e. The molecule has 0 bridgehead atoms. The third-order valence-corrected chi connectivity index (χ3v) is 2.18. The van der Waals surface area contributed by atoms with Crippen LogP contribution < -0.4 is 0 Å². The molecule has 0 N–H and O–H groups in total. The number of rotatable bonds is 4. The summed E-state index contributed by atoms with van der Waals surface area (Å²) >= 11 is 0. The van der Waals surface area contributed by atoms with Gasteiger partial charge in [-0.15, -0.1) is 0 Å². The summed E-state index contributed by atoms with van der Waals surface area (Å²) in [5.41, 5.74) is 0. The van der Waals surface area contributed by atoms with Crippen LogP contribution in [0.4, 0.5) is 0 Å². The molecule has 1 heterocycles. The van der Waals surface area contributed by atoms with Crippen molar-refractivity contribution >= 4 is 0 Å². The van der Waals surface area contributed by atoms with E-state index in [-0.39, 0.29) is 0 Å². The van der Waals surface area contributed by atoms with Crippen LogP contribution in [0.25, 0.3) is 0 Å². The van der Waals surface area contributed by atoms with Gasteiger partial charge < -0.3 is 9.47 Å². The number of nitrogens with zero attached hydrogens (tertiary/aromatic N) is 1. The molecule has 0 aliphatic carbocycles. The van der Waals surface area contributed by atoms with Crippen molar-refractivity contribution in [1.29, 1.82) is 0 Å². The van der Waals surface area contributed by atoms with Crippen LogP contribution >= 0.6 is 0 Å². The van der Waals surface area contributed by atoms with Crippen LogP contribution in [0.2, 0.25) is 0 Å². The summed E-state index contributed by atoms with van der Waals surface area (Å²) in [6, 6.07) is 0. The summed E-state index contributed by atoms with van der Waals surface area (Å²) in [6.45, 7) is 9.79. The molecule has 12 heavy (non-hydrogen) atoms. The minimum Gasteiger partial charge on any atom is -0.379 e. The molecule has 72 valence electrons. The maximum absolute atomic E-state index is 5.55. The minimum absolute atomic E-state index is 0.290. The van der Waals surface area contributed by atoms with Crippen molar-refractivity contribution in [2.24, 2.45) is 0 Å². The van der Waals surface area contributed by atoms with E-state index >= 15 is 0 Å². The van der Waals surface area contributed by atoms with E-state index in [0.29, 0.717) is 6.10 Å². The molecule has 3 nitrogen and oxygen atoms in total. The molecule has 3 heteroatoms. The fourth-order valence-electron chi connectivity index (χ4n) is 1.42. The largest absolute Gasteiger partial charge is 0.379 e. The van der Waals surface area contributed by atoms with Crippen LogP contribution in [0.15, 0.2) is 0 Å². The SMILES string of the molecule is CCOCC1CN(CC)CCO1. The monoisotopic (exact) mass is 173 g/mol. The quantitative estimate of drug-likeness (QED) is 0.626. The Hall–Kier alpha value is -0.120. The van der Waals surface area contributed by atoms with Crippen molar-refractivity contribution in [2.45, 2.75) is 20.0 Å². The summed E-state index contributed by atoms with van der Waals surface area (Å²) in [5, 5.41) is 0. The van der Waals surface area contributed by atoms with Crippen LogP contribution in [0.3, 0.4) is 0 Å². The molecule has 1 fully saturated rings. The summed E-state index contributed by atoms with van der Waals surface area (Å²) in [7, 11) is 0. The summed E-state index contributed by atoms with van der Waals surface area (Å²) in [6.07, 6.45) is 0.290. The van der Waals surface area contributed by atoms with E-state index in [1.807, 2.05) is 6.92 Å². The third kappa shape index (κ3) is 3.09. The fourth-order valence-corrected chi connectivity index (χ4v) is 1.42. The molecule has 0 spiro atoms.